The van der Waals surface area contributed by atoms with Crippen molar-refractivity contribution in [3.63, 3.8) is 0 Å². The Kier molecular flexibility index (Phi) is 6.82. The molecule has 0 saturated heterocycles. The largest absolute Gasteiger partial charge is 0.545 e. The number of amides is 1. The quantitative estimate of drug-likeness (QED) is 0.386. The predicted octanol–water partition coefficient (Wildman–Crippen LogP) is 5.38. The molecule has 5 nitrogen and oxygen atoms in total. The zero-order valence-electron chi connectivity index (χ0n) is 17.3. The summed E-state index contributed by atoms with van der Waals surface area (Å²) in [5.74, 6) is -1.65. The number of nitrogens with one attached hydrogen (secondary N) is 1. The van der Waals surface area contributed by atoms with E-state index >= 15 is 0 Å². The van der Waals surface area contributed by atoms with Crippen LogP contribution in [-0.4, -0.2) is 18.5 Å². The molecule has 0 unspecified atom stereocenters. The second kappa shape index (κ2) is 9.94. The smallest absolute Gasteiger partial charge is 0.257 e. The fraction of sp³-hybridized carbons (Fsp3) is 0.0769. The molecule has 0 aliphatic heterocycles. The number of halogens is 2. The van der Waals surface area contributed by atoms with E-state index in [0.717, 1.165) is 16.3 Å². The van der Waals surface area contributed by atoms with Crippen LogP contribution in [0, 0.1) is 0 Å². The maximum absolute atomic E-state index is 12.6. The molecule has 0 fully saturated rings. The Balaban J connectivity index is 1.47. The summed E-state index contributed by atoms with van der Waals surface area (Å²) < 4.78 is 5.79. The van der Waals surface area contributed by atoms with E-state index < -0.39 is 11.9 Å². The van der Waals surface area contributed by atoms with Gasteiger partial charge in [0.15, 0.2) is 0 Å². The van der Waals surface area contributed by atoms with Gasteiger partial charge in [0.1, 0.15) is 5.75 Å². The highest BCUT2D eigenvalue weighted by molar-refractivity contribution is 6.37. The number of benzene rings is 4. The fourth-order valence-electron chi connectivity index (χ4n) is 3.54. The van der Waals surface area contributed by atoms with Crippen molar-refractivity contribution in [2.45, 2.75) is 6.42 Å². The van der Waals surface area contributed by atoms with Gasteiger partial charge < -0.3 is 20.0 Å². The van der Waals surface area contributed by atoms with Crippen LogP contribution in [0.3, 0.4) is 0 Å². The van der Waals surface area contributed by atoms with Gasteiger partial charge in [0, 0.05) is 17.0 Å². The number of ether oxygens (including phenoxy) is 1. The highest BCUT2D eigenvalue weighted by atomic mass is 35.5. The van der Waals surface area contributed by atoms with Crippen LogP contribution in [0.5, 0.6) is 5.75 Å². The van der Waals surface area contributed by atoms with Gasteiger partial charge in [-0.15, -0.1) is 0 Å². The lowest BCUT2D eigenvalue weighted by Crippen LogP contribution is -2.25. The van der Waals surface area contributed by atoms with Gasteiger partial charge in [0.05, 0.1) is 28.8 Å². The van der Waals surface area contributed by atoms with Crippen LogP contribution in [-0.2, 0) is 6.42 Å². The van der Waals surface area contributed by atoms with Crippen molar-refractivity contribution in [3.8, 4) is 5.75 Å². The van der Waals surface area contributed by atoms with Gasteiger partial charge >= 0.3 is 0 Å². The van der Waals surface area contributed by atoms with Crippen molar-refractivity contribution in [3.05, 3.63) is 106 Å². The summed E-state index contributed by atoms with van der Waals surface area (Å²) in [5, 5.41) is 17.1. The van der Waals surface area contributed by atoms with Gasteiger partial charge in [-0.05, 0) is 52.7 Å². The molecule has 0 atom stereocenters. The second-order valence-corrected chi connectivity index (χ2v) is 8.15. The molecular weight excluding hydrogens is 461 g/mol. The molecule has 1 amide bonds. The summed E-state index contributed by atoms with van der Waals surface area (Å²) in [6.45, 7) is 0.354. The molecule has 0 aliphatic carbocycles. The van der Waals surface area contributed by atoms with Gasteiger partial charge in [0.2, 0.25) is 0 Å². The third-order valence-corrected chi connectivity index (χ3v) is 5.70. The van der Waals surface area contributed by atoms with E-state index in [0.29, 0.717) is 23.8 Å². The Bertz CT molecular complexity index is 1350. The summed E-state index contributed by atoms with van der Waals surface area (Å²) in [6, 6.07) is 23.0. The van der Waals surface area contributed by atoms with E-state index in [1.807, 2.05) is 24.3 Å². The maximum Gasteiger partial charge on any atom is 0.257 e. The first-order valence-electron chi connectivity index (χ1n) is 10.1. The number of hydrogen-bond acceptors (Lipinski definition) is 4. The standard InChI is InChI=1S/C26H19Cl2NO4/c27-18-8-10-21(23(28)14-18)25(30)29-24-11-9-19(15-22(24)26(31)32)33-13-12-17-6-3-5-16-4-1-2-7-20(16)17/h1-11,14-15H,12-13H2,(H,29,30)(H,31,32)/p-1. The number of carbonyl (C=O) groups is 2. The second-order valence-electron chi connectivity index (χ2n) is 7.31. The van der Waals surface area contributed by atoms with E-state index in [1.165, 1.54) is 30.3 Å². The topological polar surface area (TPSA) is 78.5 Å². The Hall–Kier alpha value is -3.54. The molecule has 166 valence electrons. The number of hydrogen-bond donors (Lipinski definition) is 1. The Labute approximate surface area is 200 Å². The van der Waals surface area contributed by atoms with Crippen LogP contribution in [0.15, 0.2) is 78.9 Å². The van der Waals surface area contributed by atoms with E-state index in [9.17, 15) is 14.7 Å². The first-order valence-corrected chi connectivity index (χ1v) is 10.9. The molecule has 0 heterocycles. The number of aromatic carboxylic acids is 1. The van der Waals surface area contributed by atoms with Crippen LogP contribution < -0.4 is 15.2 Å². The minimum atomic E-state index is -1.44. The first-order chi connectivity index (χ1) is 15.9. The van der Waals surface area contributed by atoms with Crippen molar-refractivity contribution in [2.75, 3.05) is 11.9 Å². The lowest BCUT2D eigenvalue weighted by molar-refractivity contribution is -0.254. The molecule has 4 aromatic rings. The molecule has 0 aliphatic rings. The zero-order chi connectivity index (χ0) is 23.4. The van der Waals surface area contributed by atoms with Crippen LogP contribution >= 0.6 is 23.2 Å². The van der Waals surface area contributed by atoms with Crippen molar-refractivity contribution < 1.29 is 19.4 Å². The molecule has 0 aromatic heterocycles. The number of anilines is 1. The average Bonchev–Trinajstić information content (AvgIpc) is 2.80. The van der Waals surface area contributed by atoms with E-state index in [-0.39, 0.29) is 21.8 Å². The molecule has 7 heteroatoms. The van der Waals surface area contributed by atoms with Gasteiger partial charge in [0.25, 0.3) is 5.91 Å². The molecule has 4 rings (SSSR count). The highest BCUT2D eigenvalue weighted by Gasteiger charge is 2.14. The summed E-state index contributed by atoms with van der Waals surface area (Å²) in [5.41, 5.74) is 1.18. The van der Waals surface area contributed by atoms with Crippen molar-refractivity contribution >= 4 is 51.5 Å². The number of rotatable bonds is 7. The van der Waals surface area contributed by atoms with E-state index in [1.54, 1.807) is 6.07 Å². The van der Waals surface area contributed by atoms with E-state index in [2.05, 4.69) is 23.5 Å². The molecule has 0 spiro atoms. The van der Waals surface area contributed by atoms with Crippen molar-refractivity contribution in [1.82, 2.24) is 0 Å². The lowest BCUT2D eigenvalue weighted by atomic mass is 10.0. The Morgan fingerprint density at radius 1 is 0.879 bits per heavy atom. The summed E-state index contributed by atoms with van der Waals surface area (Å²) in [4.78, 5) is 24.2. The van der Waals surface area contributed by atoms with Gasteiger partial charge in [-0.25, -0.2) is 0 Å². The summed E-state index contributed by atoms with van der Waals surface area (Å²) in [7, 11) is 0. The Morgan fingerprint density at radius 2 is 1.67 bits per heavy atom. The minimum absolute atomic E-state index is 0.0763. The first kappa shape index (κ1) is 22.6. The maximum atomic E-state index is 12.6. The average molecular weight is 479 g/mol. The molecule has 0 bridgehead atoms. The van der Waals surface area contributed by atoms with Gasteiger partial charge in [-0.2, -0.15) is 0 Å². The minimum Gasteiger partial charge on any atom is -0.545 e. The monoisotopic (exact) mass is 478 g/mol. The number of carboxylic acid groups (broad SMARTS) is 1. The molecule has 0 saturated carbocycles. The van der Waals surface area contributed by atoms with E-state index in [4.69, 9.17) is 27.9 Å². The lowest BCUT2D eigenvalue weighted by Gasteiger charge is -2.15. The van der Waals surface area contributed by atoms with Crippen LogP contribution in [0.2, 0.25) is 10.0 Å². The van der Waals surface area contributed by atoms with Crippen LogP contribution in [0.4, 0.5) is 5.69 Å². The number of carboxylic acids is 1. The molecule has 4 aromatic carbocycles. The number of carbonyl (C=O) groups excluding carboxylic acids is 2. The van der Waals surface area contributed by atoms with Gasteiger partial charge in [-0.1, -0.05) is 65.7 Å². The SMILES string of the molecule is O=C(Nc1ccc(OCCc2cccc3ccccc23)cc1C(=O)[O-])c1ccc(Cl)cc1Cl. The Morgan fingerprint density at radius 3 is 2.45 bits per heavy atom. The summed E-state index contributed by atoms with van der Waals surface area (Å²) in [6.07, 6.45) is 0.648. The zero-order valence-corrected chi connectivity index (χ0v) is 18.8. The van der Waals surface area contributed by atoms with Crippen molar-refractivity contribution in [2.24, 2.45) is 0 Å². The third-order valence-electron chi connectivity index (χ3n) is 5.15. The fourth-order valence-corrected chi connectivity index (χ4v) is 4.04. The predicted molar refractivity (Wildman–Crippen MR) is 128 cm³/mol. The highest BCUT2D eigenvalue weighted by Crippen LogP contribution is 2.26. The third kappa shape index (κ3) is 5.28. The molecule has 1 N–H and O–H groups in total. The normalized spacial score (nSPS) is 10.7. The van der Waals surface area contributed by atoms with Crippen LogP contribution in [0.25, 0.3) is 10.8 Å². The summed E-state index contributed by atoms with van der Waals surface area (Å²) >= 11 is 11.9. The number of fused-ring (bicyclic) bond motifs is 1. The van der Waals surface area contributed by atoms with Crippen molar-refractivity contribution in [1.29, 1.82) is 0 Å². The molecular formula is C26H18Cl2NO4-. The molecule has 33 heavy (non-hydrogen) atoms. The molecule has 0 radical (unpaired) electrons. The van der Waals surface area contributed by atoms with Gasteiger partial charge in [-0.3, -0.25) is 4.79 Å². The van der Waals surface area contributed by atoms with Crippen LogP contribution in [0.1, 0.15) is 26.3 Å².